The third kappa shape index (κ3) is 4.34. The highest BCUT2D eigenvalue weighted by Crippen LogP contribution is 2.30. The molecule has 4 nitrogen and oxygen atoms in total. The van der Waals surface area contributed by atoms with Gasteiger partial charge in [0, 0.05) is 12.6 Å². The van der Waals surface area contributed by atoms with Crippen LogP contribution in [0.3, 0.4) is 0 Å². The summed E-state index contributed by atoms with van der Waals surface area (Å²) < 4.78 is 0. The molecule has 2 fully saturated rings. The highest BCUT2D eigenvalue weighted by atomic mass is 35.5. The number of piperidine rings is 2. The van der Waals surface area contributed by atoms with Gasteiger partial charge in [0.05, 0.1) is 6.04 Å². The molecule has 0 bridgehead atoms. The lowest BCUT2D eigenvalue weighted by atomic mass is 9.77. The van der Waals surface area contributed by atoms with Crippen molar-refractivity contribution in [3.63, 3.8) is 0 Å². The van der Waals surface area contributed by atoms with Gasteiger partial charge in [0.2, 0.25) is 5.91 Å². The summed E-state index contributed by atoms with van der Waals surface area (Å²) in [6.07, 6.45) is 4.61. The first-order valence-electron chi connectivity index (χ1n) is 7.79. The van der Waals surface area contributed by atoms with Crippen LogP contribution in [0.1, 0.15) is 46.5 Å². The summed E-state index contributed by atoms with van der Waals surface area (Å²) in [5.41, 5.74) is 0.0709. The molecule has 118 valence electrons. The van der Waals surface area contributed by atoms with Crippen LogP contribution >= 0.6 is 12.4 Å². The van der Waals surface area contributed by atoms with E-state index in [1.807, 2.05) is 0 Å². The number of carbonyl (C=O) groups excluding carboxylic acids is 1. The fourth-order valence-corrected chi connectivity index (χ4v) is 3.40. The summed E-state index contributed by atoms with van der Waals surface area (Å²) >= 11 is 0. The van der Waals surface area contributed by atoms with Crippen LogP contribution in [0.5, 0.6) is 0 Å². The van der Waals surface area contributed by atoms with Gasteiger partial charge in [0.15, 0.2) is 0 Å². The van der Waals surface area contributed by atoms with E-state index in [1.165, 1.54) is 19.4 Å². The van der Waals surface area contributed by atoms with Crippen molar-refractivity contribution in [3.8, 4) is 0 Å². The SMILES string of the molecule is CCN1CCCC(NC(=O)C2NCCCC2(C)C)C1.Cl. The first-order valence-corrected chi connectivity index (χ1v) is 7.79. The zero-order chi connectivity index (χ0) is 13.9. The number of nitrogens with one attached hydrogen (secondary N) is 2. The predicted molar refractivity (Wildman–Crippen MR) is 85.3 cm³/mol. The fraction of sp³-hybridized carbons (Fsp3) is 0.933. The lowest BCUT2D eigenvalue weighted by molar-refractivity contribution is -0.127. The number of likely N-dealkylation sites (tertiary alicyclic amines) is 1. The number of hydrogen-bond donors (Lipinski definition) is 2. The Morgan fingerprint density at radius 3 is 2.80 bits per heavy atom. The van der Waals surface area contributed by atoms with Crippen LogP contribution in [0.4, 0.5) is 0 Å². The molecule has 2 atom stereocenters. The van der Waals surface area contributed by atoms with Crippen LogP contribution in [0.2, 0.25) is 0 Å². The number of nitrogens with zero attached hydrogens (tertiary/aromatic N) is 1. The normalized spacial score (nSPS) is 30.4. The van der Waals surface area contributed by atoms with E-state index in [4.69, 9.17) is 0 Å². The molecule has 2 saturated heterocycles. The molecule has 2 N–H and O–H groups in total. The Balaban J connectivity index is 0.00000200. The highest BCUT2D eigenvalue weighted by molar-refractivity contribution is 5.85. The van der Waals surface area contributed by atoms with Crippen molar-refractivity contribution in [1.82, 2.24) is 15.5 Å². The van der Waals surface area contributed by atoms with E-state index < -0.39 is 0 Å². The van der Waals surface area contributed by atoms with Gasteiger partial charge < -0.3 is 15.5 Å². The van der Waals surface area contributed by atoms with Gasteiger partial charge >= 0.3 is 0 Å². The number of hydrogen-bond acceptors (Lipinski definition) is 3. The van der Waals surface area contributed by atoms with Gasteiger partial charge in [-0.2, -0.15) is 0 Å². The molecule has 0 aromatic heterocycles. The number of halogens is 1. The number of likely N-dealkylation sites (N-methyl/N-ethyl adjacent to an activating group) is 1. The Bertz CT molecular complexity index is 322. The van der Waals surface area contributed by atoms with Gasteiger partial charge in [-0.05, 0) is 50.7 Å². The minimum atomic E-state index is -0.0294. The van der Waals surface area contributed by atoms with Gasteiger partial charge in [-0.25, -0.2) is 0 Å². The fourth-order valence-electron chi connectivity index (χ4n) is 3.40. The summed E-state index contributed by atoms with van der Waals surface area (Å²) in [6, 6.07) is 0.305. The molecule has 0 saturated carbocycles. The van der Waals surface area contributed by atoms with Crippen molar-refractivity contribution in [2.75, 3.05) is 26.2 Å². The van der Waals surface area contributed by atoms with Crippen LogP contribution in [0.15, 0.2) is 0 Å². The molecule has 0 aromatic carbocycles. The van der Waals surface area contributed by atoms with Crippen molar-refractivity contribution in [3.05, 3.63) is 0 Å². The second-order valence-electron chi connectivity index (χ2n) is 6.72. The maximum absolute atomic E-state index is 12.5. The maximum atomic E-state index is 12.5. The molecule has 2 aliphatic heterocycles. The van der Waals surface area contributed by atoms with E-state index in [1.54, 1.807) is 0 Å². The Morgan fingerprint density at radius 2 is 2.15 bits per heavy atom. The summed E-state index contributed by atoms with van der Waals surface area (Å²) in [5.74, 6) is 0.202. The summed E-state index contributed by atoms with van der Waals surface area (Å²) in [4.78, 5) is 14.9. The second-order valence-corrected chi connectivity index (χ2v) is 6.72. The zero-order valence-corrected chi connectivity index (χ0v) is 13.9. The molecule has 0 radical (unpaired) electrons. The van der Waals surface area contributed by atoms with E-state index in [-0.39, 0.29) is 29.8 Å². The van der Waals surface area contributed by atoms with Crippen LogP contribution in [-0.2, 0) is 4.79 Å². The number of rotatable bonds is 3. The van der Waals surface area contributed by atoms with Gasteiger partial charge in [0.25, 0.3) is 0 Å². The zero-order valence-electron chi connectivity index (χ0n) is 13.1. The summed E-state index contributed by atoms with van der Waals surface area (Å²) in [5, 5.41) is 6.66. The third-order valence-electron chi connectivity index (χ3n) is 4.69. The van der Waals surface area contributed by atoms with Gasteiger partial charge in [-0.3, -0.25) is 4.79 Å². The topological polar surface area (TPSA) is 44.4 Å². The van der Waals surface area contributed by atoms with E-state index in [9.17, 15) is 4.79 Å². The van der Waals surface area contributed by atoms with Crippen molar-refractivity contribution >= 4 is 18.3 Å². The first-order chi connectivity index (χ1) is 9.03. The van der Waals surface area contributed by atoms with E-state index >= 15 is 0 Å². The molecule has 1 amide bonds. The predicted octanol–water partition coefficient (Wildman–Crippen LogP) is 1.79. The quantitative estimate of drug-likeness (QED) is 0.835. The maximum Gasteiger partial charge on any atom is 0.237 e. The average molecular weight is 304 g/mol. The Hall–Kier alpha value is -0.320. The Morgan fingerprint density at radius 1 is 1.40 bits per heavy atom. The number of carbonyl (C=O) groups is 1. The molecular formula is C15H30ClN3O. The molecule has 0 aromatic rings. The Labute approximate surface area is 129 Å². The van der Waals surface area contributed by atoms with Crippen molar-refractivity contribution in [2.24, 2.45) is 5.41 Å². The smallest absolute Gasteiger partial charge is 0.237 e. The molecule has 0 spiro atoms. The molecule has 5 heteroatoms. The highest BCUT2D eigenvalue weighted by Gasteiger charge is 2.37. The first kappa shape index (κ1) is 17.7. The van der Waals surface area contributed by atoms with E-state index in [0.717, 1.165) is 32.5 Å². The molecule has 2 heterocycles. The number of amides is 1. The average Bonchev–Trinajstić information content (AvgIpc) is 2.38. The van der Waals surface area contributed by atoms with Crippen molar-refractivity contribution in [2.45, 2.75) is 58.5 Å². The monoisotopic (exact) mass is 303 g/mol. The molecule has 2 aliphatic rings. The van der Waals surface area contributed by atoms with E-state index in [0.29, 0.717) is 6.04 Å². The molecule has 0 aliphatic carbocycles. The molecule has 2 unspecified atom stereocenters. The van der Waals surface area contributed by atoms with Gasteiger partial charge in [-0.15, -0.1) is 12.4 Å². The van der Waals surface area contributed by atoms with Gasteiger partial charge in [0.1, 0.15) is 0 Å². The minimum Gasteiger partial charge on any atom is -0.351 e. The standard InChI is InChI=1S/C15H29N3O.ClH/c1-4-18-10-5-7-12(11-18)17-14(19)13-15(2,3)8-6-9-16-13;/h12-13,16H,4-11H2,1-3H3,(H,17,19);1H. The molecular weight excluding hydrogens is 274 g/mol. The van der Waals surface area contributed by atoms with Crippen LogP contribution in [0, 0.1) is 5.41 Å². The third-order valence-corrected chi connectivity index (χ3v) is 4.69. The largest absolute Gasteiger partial charge is 0.351 e. The Kier molecular flexibility index (Phi) is 6.76. The minimum absolute atomic E-state index is 0. The van der Waals surface area contributed by atoms with Crippen molar-refractivity contribution in [1.29, 1.82) is 0 Å². The second kappa shape index (κ2) is 7.62. The molecule has 20 heavy (non-hydrogen) atoms. The summed E-state index contributed by atoms with van der Waals surface area (Å²) in [7, 11) is 0. The van der Waals surface area contributed by atoms with Crippen LogP contribution in [-0.4, -0.2) is 49.1 Å². The lowest BCUT2D eigenvalue weighted by Crippen LogP contribution is -2.59. The van der Waals surface area contributed by atoms with Crippen LogP contribution < -0.4 is 10.6 Å². The van der Waals surface area contributed by atoms with Crippen LogP contribution in [0.25, 0.3) is 0 Å². The summed E-state index contributed by atoms with van der Waals surface area (Å²) in [6.45, 7) is 10.8. The lowest BCUT2D eigenvalue weighted by Gasteiger charge is -2.40. The molecule has 2 rings (SSSR count). The van der Waals surface area contributed by atoms with E-state index in [2.05, 4.69) is 36.3 Å². The van der Waals surface area contributed by atoms with Crippen molar-refractivity contribution < 1.29 is 4.79 Å². The van der Waals surface area contributed by atoms with Gasteiger partial charge in [-0.1, -0.05) is 20.8 Å².